The molecule has 0 saturated carbocycles. The number of hydrogen-bond acceptors (Lipinski definition) is 4. The molecule has 0 aliphatic carbocycles. The SMILES string of the molecule is CCC(C(=O)NC(C)(C)C)N(Cc1cccc(OC)c1)C(=O)CSCc1ccc(Cl)cc1Cl. The second-order valence-corrected chi connectivity index (χ2v) is 10.6. The van der Waals surface area contributed by atoms with Gasteiger partial charge in [0.2, 0.25) is 11.8 Å². The van der Waals surface area contributed by atoms with Crippen LogP contribution in [0.25, 0.3) is 0 Å². The largest absolute Gasteiger partial charge is 0.497 e. The lowest BCUT2D eigenvalue weighted by Gasteiger charge is -2.33. The van der Waals surface area contributed by atoms with Crippen LogP contribution >= 0.6 is 35.0 Å². The molecule has 2 aromatic rings. The Kier molecular flexibility index (Phi) is 10.4. The summed E-state index contributed by atoms with van der Waals surface area (Å²) in [6.45, 7) is 8.01. The molecule has 0 aromatic heterocycles. The van der Waals surface area contributed by atoms with Crippen LogP contribution in [0.5, 0.6) is 5.75 Å². The van der Waals surface area contributed by atoms with E-state index in [0.717, 1.165) is 11.1 Å². The molecule has 0 bridgehead atoms. The highest BCUT2D eigenvalue weighted by Crippen LogP contribution is 2.25. The van der Waals surface area contributed by atoms with Crippen molar-refractivity contribution in [1.82, 2.24) is 10.2 Å². The first-order valence-corrected chi connectivity index (χ1v) is 12.7. The van der Waals surface area contributed by atoms with Gasteiger partial charge in [0.05, 0.1) is 12.9 Å². The molecule has 0 radical (unpaired) electrons. The number of carbonyl (C=O) groups excluding carboxylic acids is 2. The summed E-state index contributed by atoms with van der Waals surface area (Å²) in [6.07, 6.45) is 0.505. The van der Waals surface area contributed by atoms with Crippen LogP contribution in [0.4, 0.5) is 0 Å². The van der Waals surface area contributed by atoms with Gasteiger partial charge in [-0.3, -0.25) is 9.59 Å². The van der Waals surface area contributed by atoms with Crippen LogP contribution in [0, 0.1) is 0 Å². The Bertz CT molecular complexity index is 963. The van der Waals surface area contributed by atoms with Crippen LogP contribution in [-0.4, -0.2) is 41.2 Å². The van der Waals surface area contributed by atoms with Gasteiger partial charge in [0.1, 0.15) is 11.8 Å². The number of benzene rings is 2. The summed E-state index contributed by atoms with van der Waals surface area (Å²) in [6, 6.07) is 12.3. The monoisotopic (exact) mass is 510 g/mol. The topological polar surface area (TPSA) is 58.6 Å². The van der Waals surface area contributed by atoms with E-state index in [1.807, 2.05) is 58.0 Å². The van der Waals surface area contributed by atoms with E-state index in [-0.39, 0.29) is 17.6 Å². The molecule has 180 valence electrons. The van der Waals surface area contributed by atoms with Gasteiger partial charge in [0, 0.05) is 27.9 Å². The quantitative estimate of drug-likeness (QED) is 0.428. The van der Waals surface area contributed by atoms with Gasteiger partial charge >= 0.3 is 0 Å². The van der Waals surface area contributed by atoms with Crippen LogP contribution in [0.2, 0.25) is 10.0 Å². The van der Waals surface area contributed by atoms with Gasteiger partial charge in [-0.1, -0.05) is 48.3 Å². The van der Waals surface area contributed by atoms with Crippen molar-refractivity contribution in [1.29, 1.82) is 0 Å². The molecule has 33 heavy (non-hydrogen) atoms. The fourth-order valence-electron chi connectivity index (χ4n) is 3.31. The summed E-state index contributed by atoms with van der Waals surface area (Å²) in [5.41, 5.74) is 1.42. The molecule has 5 nitrogen and oxygen atoms in total. The summed E-state index contributed by atoms with van der Waals surface area (Å²) in [5, 5.41) is 4.16. The van der Waals surface area contributed by atoms with E-state index in [0.29, 0.717) is 34.5 Å². The molecule has 8 heteroatoms. The molecule has 2 amide bonds. The molecule has 0 aliphatic heterocycles. The lowest BCUT2D eigenvalue weighted by Crippen LogP contribution is -2.53. The van der Waals surface area contributed by atoms with Crippen molar-refractivity contribution in [3.05, 3.63) is 63.6 Å². The van der Waals surface area contributed by atoms with E-state index in [1.54, 1.807) is 24.1 Å². The van der Waals surface area contributed by atoms with Crippen molar-refractivity contribution in [2.75, 3.05) is 12.9 Å². The lowest BCUT2D eigenvalue weighted by molar-refractivity contribution is -0.140. The predicted molar refractivity (Wildman–Crippen MR) is 138 cm³/mol. The van der Waals surface area contributed by atoms with Crippen LogP contribution < -0.4 is 10.1 Å². The van der Waals surface area contributed by atoms with Gasteiger partial charge in [-0.05, 0) is 62.6 Å². The smallest absolute Gasteiger partial charge is 0.243 e. The molecule has 1 atom stereocenters. The Morgan fingerprint density at radius 3 is 2.48 bits per heavy atom. The molecule has 0 aliphatic rings. The number of thioether (sulfide) groups is 1. The zero-order valence-corrected chi connectivity index (χ0v) is 22.1. The van der Waals surface area contributed by atoms with Crippen LogP contribution in [0.3, 0.4) is 0 Å². The van der Waals surface area contributed by atoms with Crippen LogP contribution in [0.1, 0.15) is 45.2 Å². The van der Waals surface area contributed by atoms with Crippen molar-refractivity contribution in [2.24, 2.45) is 0 Å². The Morgan fingerprint density at radius 2 is 1.88 bits per heavy atom. The first-order chi connectivity index (χ1) is 15.5. The number of carbonyl (C=O) groups is 2. The highest BCUT2D eigenvalue weighted by Gasteiger charge is 2.30. The van der Waals surface area contributed by atoms with Gasteiger partial charge < -0.3 is 15.0 Å². The molecular formula is C25H32Cl2N2O3S. The third-order valence-electron chi connectivity index (χ3n) is 4.87. The van der Waals surface area contributed by atoms with Crippen molar-refractivity contribution in [2.45, 2.75) is 58.0 Å². The molecule has 0 spiro atoms. The molecule has 1 N–H and O–H groups in total. The Labute approximate surface area is 211 Å². The Balaban J connectivity index is 2.20. The number of halogens is 2. The second kappa shape index (κ2) is 12.5. The van der Waals surface area contributed by atoms with Gasteiger partial charge in [0.25, 0.3) is 0 Å². The van der Waals surface area contributed by atoms with E-state index < -0.39 is 11.6 Å². The molecular weight excluding hydrogens is 479 g/mol. The number of amides is 2. The van der Waals surface area contributed by atoms with Gasteiger partial charge in [0.15, 0.2) is 0 Å². The minimum Gasteiger partial charge on any atom is -0.497 e. The highest BCUT2D eigenvalue weighted by atomic mass is 35.5. The van der Waals surface area contributed by atoms with E-state index in [1.165, 1.54) is 11.8 Å². The Hall–Kier alpha value is -1.89. The zero-order valence-electron chi connectivity index (χ0n) is 19.8. The lowest BCUT2D eigenvalue weighted by atomic mass is 10.1. The zero-order chi connectivity index (χ0) is 24.6. The average molecular weight is 512 g/mol. The van der Waals surface area contributed by atoms with E-state index in [9.17, 15) is 9.59 Å². The number of nitrogens with zero attached hydrogens (tertiary/aromatic N) is 1. The summed E-state index contributed by atoms with van der Waals surface area (Å²) >= 11 is 13.7. The number of ether oxygens (including phenoxy) is 1. The maximum Gasteiger partial charge on any atom is 0.243 e. The average Bonchev–Trinajstić information content (AvgIpc) is 2.74. The van der Waals surface area contributed by atoms with E-state index in [2.05, 4.69) is 5.32 Å². The Morgan fingerprint density at radius 1 is 1.15 bits per heavy atom. The highest BCUT2D eigenvalue weighted by molar-refractivity contribution is 7.99. The van der Waals surface area contributed by atoms with Crippen molar-refractivity contribution >= 4 is 46.8 Å². The fourth-order valence-corrected chi connectivity index (χ4v) is 4.78. The number of nitrogens with one attached hydrogen (secondary N) is 1. The number of methoxy groups -OCH3 is 1. The summed E-state index contributed by atoms with van der Waals surface area (Å²) in [5.74, 6) is 1.23. The second-order valence-electron chi connectivity index (χ2n) is 8.76. The maximum absolute atomic E-state index is 13.3. The standard InChI is InChI=1S/C25H32Cl2N2O3S/c1-6-22(24(31)28-25(2,3)4)29(14-17-8-7-9-20(12-17)32-5)23(30)16-33-15-18-10-11-19(26)13-21(18)27/h7-13,22H,6,14-16H2,1-5H3,(H,28,31). The first kappa shape index (κ1) is 27.4. The number of rotatable bonds is 10. The van der Waals surface area contributed by atoms with Gasteiger partial charge in [-0.15, -0.1) is 11.8 Å². The summed E-state index contributed by atoms with van der Waals surface area (Å²) in [4.78, 5) is 28.1. The minimum absolute atomic E-state index is 0.108. The molecule has 2 aromatic carbocycles. The third kappa shape index (κ3) is 8.76. The van der Waals surface area contributed by atoms with Crippen molar-refractivity contribution < 1.29 is 14.3 Å². The molecule has 1 unspecified atom stereocenters. The van der Waals surface area contributed by atoms with E-state index >= 15 is 0 Å². The normalized spacial score (nSPS) is 12.2. The summed E-state index contributed by atoms with van der Waals surface area (Å²) < 4.78 is 5.32. The van der Waals surface area contributed by atoms with Crippen LogP contribution in [0.15, 0.2) is 42.5 Å². The van der Waals surface area contributed by atoms with E-state index in [4.69, 9.17) is 27.9 Å². The first-order valence-electron chi connectivity index (χ1n) is 10.8. The molecule has 0 saturated heterocycles. The third-order valence-corrected chi connectivity index (χ3v) is 6.42. The predicted octanol–water partition coefficient (Wildman–Crippen LogP) is 5.96. The molecule has 0 fully saturated rings. The van der Waals surface area contributed by atoms with Gasteiger partial charge in [-0.2, -0.15) is 0 Å². The summed E-state index contributed by atoms with van der Waals surface area (Å²) in [7, 11) is 1.60. The molecule has 0 heterocycles. The van der Waals surface area contributed by atoms with Gasteiger partial charge in [-0.25, -0.2) is 0 Å². The van der Waals surface area contributed by atoms with Crippen molar-refractivity contribution in [3.63, 3.8) is 0 Å². The molecule has 2 rings (SSSR count). The van der Waals surface area contributed by atoms with Crippen molar-refractivity contribution in [3.8, 4) is 5.75 Å². The number of hydrogen-bond donors (Lipinski definition) is 1. The van der Waals surface area contributed by atoms with Crippen LogP contribution in [-0.2, 0) is 21.9 Å². The minimum atomic E-state index is -0.581. The maximum atomic E-state index is 13.3. The fraction of sp³-hybridized carbons (Fsp3) is 0.440.